The Bertz CT molecular complexity index is 488. The lowest BCUT2D eigenvalue weighted by atomic mass is 10.1. The number of halogens is 3. The third-order valence-electron chi connectivity index (χ3n) is 2.68. The van der Waals surface area contributed by atoms with E-state index in [4.69, 9.17) is 0 Å². The number of hydrogen-bond acceptors (Lipinski definition) is 3. The molecule has 0 saturated carbocycles. The lowest BCUT2D eigenvalue weighted by Crippen LogP contribution is -2.12. The summed E-state index contributed by atoms with van der Waals surface area (Å²) in [6.45, 7) is 4.08. The maximum absolute atomic E-state index is 13.4. The van der Waals surface area contributed by atoms with Crippen LogP contribution in [0.15, 0.2) is 17.1 Å². The molecule has 2 nitrogen and oxygen atoms in total. The molecule has 1 aliphatic heterocycles. The van der Waals surface area contributed by atoms with E-state index in [2.05, 4.69) is 10.3 Å². The molecule has 18 heavy (non-hydrogen) atoms. The van der Waals surface area contributed by atoms with Gasteiger partial charge in [0.2, 0.25) is 0 Å². The summed E-state index contributed by atoms with van der Waals surface area (Å²) in [5, 5.41) is 3.13. The number of nitrogens with one attached hydrogen (secondary N) is 1. The third kappa shape index (κ3) is 2.80. The van der Waals surface area contributed by atoms with Gasteiger partial charge in [-0.15, -0.1) is 0 Å². The largest absolute Gasteiger partial charge is 0.332 e. The van der Waals surface area contributed by atoms with Crippen molar-refractivity contribution in [2.45, 2.75) is 19.9 Å². The molecule has 0 aromatic heterocycles. The predicted octanol–water partition coefficient (Wildman–Crippen LogP) is 3.64. The van der Waals surface area contributed by atoms with E-state index in [9.17, 15) is 13.2 Å². The van der Waals surface area contributed by atoms with Crippen LogP contribution in [0.2, 0.25) is 0 Å². The first-order valence-electron chi connectivity index (χ1n) is 5.59. The highest BCUT2D eigenvalue weighted by molar-refractivity contribution is 8.14. The summed E-state index contributed by atoms with van der Waals surface area (Å²) >= 11 is 1.42. The Kier molecular flexibility index (Phi) is 3.85. The summed E-state index contributed by atoms with van der Waals surface area (Å²) in [6, 6.07) is 1.59. The SMILES string of the molecule is CC(C)C1CSC(Nc2cc(F)cc(F)c2F)=N1. The predicted molar refractivity (Wildman–Crippen MR) is 68.5 cm³/mol. The van der Waals surface area contributed by atoms with Gasteiger partial charge in [0.25, 0.3) is 0 Å². The van der Waals surface area contributed by atoms with Crippen molar-refractivity contribution in [3.05, 3.63) is 29.6 Å². The molecular weight excluding hydrogens is 261 g/mol. The molecule has 1 aliphatic rings. The molecule has 98 valence electrons. The van der Waals surface area contributed by atoms with Gasteiger partial charge in [-0.05, 0) is 5.92 Å². The Morgan fingerprint density at radius 3 is 2.67 bits per heavy atom. The summed E-state index contributed by atoms with van der Waals surface area (Å²) in [5.74, 6) is -1.94. The van der Waals surface area contributed by atoms with Crippen molar-refractivity contribution in [1.29, 1.82) is 0 Å². The van der Waals surface area contributed by atoms with E-state index in [1.807, 2.05) is 13.8 Å². The first kappa shape index (κ1) is 13.3. The molecule has 1 N–H and O–H groups in total. The average molecular weight is 274 g/mol. The smallest absolute Gasteiger partial charge is 0.182 e. The van der Waals surface area contributed by atoms with Gasteiger partial charge < -0.3 is 5.32 Å². The number of anilines is 1. The van der Waals surface area contributed by atoms with E-state index in [0.29, 0.717) is 17.2 Å². The van der Waals surface area contributed by atoms with Crippen LogP contribution in [0, 0.1) is 23.4 Å². The summed E-state index contributed by atoms with van der Waals surface area (Å²) in [7, 11) is 0. The Morgan fingerprint density at radius 1 is 1.33 bits per heavy atom. The fourth-order valence-electron chi connectivity index (χ4n) is 1.56. The second-order valence-corrected chi connectivity index (χ2v) is 5.44. The van der Waals surface area contributed by atoms with E-state index in [-0.39, 0.29) is 11.7 Å². The van der Waals surface area contributed by atoms with Crippen molar-refractivity contribution >= 4 is 22.6 Å². The van der Waals surface area contributed by atoms with Crippen LogP contribution in [-0.2, 0) is 0 Å². The van der Waals surface area contributed by atoms with Gasteiger partial charge in [-0.3, -0.25) is 4.99 Å². The van der Waals surface area contributed by atoms with E-state index in [1.165, 1.54) is 11.8 Å². The number of nitrogens with zero attached hydrogens (tertiary/aromatic N) is 1. The number of benzene rings is 1. The van der Waals surface area contributed by atoms with Crippen LogP contribution in [0.5, 0.6) is 0 Å². The molecule has 0 radical (unpaired) electrons. The zero-order chi connectivity index (χ0) is 13.3. The number of hydrogen-bond donors (Lipinski definition) is 1. The van der Waals surface area contributed by atoms with Crippen molar-refractivity contribution in [2.24, 2.45) is 10.9 Å². The summed E-state index contributed by atoms with van der Waals surface area (Å²) in [5.41, 5.74) is -0.219. The maximum Gasteiger partial charge on any atom is 0.182 e. The molecule has 2 rings (SSSR count). The van der Waals surface area contributed by atoms with E-state index in [0.717, 1.165) is 11.8 Å². The minimum atomic E-state index is -1.21. The molecule has 1 aromatic carbocycles. The van der Waals surface area contributed by atoms with Gasteiger partial charge >= 0.3 is 0 Å². The standard InChI is InChI=1S/C12H13F3N2S/c1-6(2)10-5-18-12(17-10)16-9-4-7(13)3-8(14)11(9)15/h3-4,6,10H,5H2,1-2H3,(H,16,17). The van der Waals surface area contributed by atoms with Crippen LogP contribution < -0.4 is 5.32 Å². The zero-order valence-corrected chi connectivity index (χ0v) is 10.8. The Hall–Kier alpha value is -1.17. The summed E-state index contributed by atoms with van der Waals surface area (Å²) < 4.78 is 39.4. The first-order chi connectivity index (χ1) is 8.47. The molecule has 1 aromatic rings. The zero-order valence-electron chi connectivity index (χ0n) is 10.0. The van der Waals surface area contributed by atoms with Crippen LogP contribution in [0.3, 0.4) is 0 Å². The normalized spacial score (nSPS) is 19.2. The molecule has 1 heterocycles. The van der Waals surface area contributed by atoms with Crippen molar-refractivity contribution in [2.75, 3.05) is 11.1 Å². The minimum Gasteiger partial charge on any atom is -0.332 e. The number of amidine groups is 1. The molecule has 0 aliphatic carbocycles. The Balaban J connectivity index is 2.18. The molecule has 6 heteroatoms. The van der Waals surface area contributed by atoms with Crippen LogP contribution in [0.1, 0.15) is 13.8 Å². The van der Waals surface area contributed by atoms with Crippen LogP contribution >= 0.6 is 11.8 Å². The molecule has 0 amide bonds. The number of thioether (sulfide) groups is 1. The van der Waals surface area contributed by atoms with Crippen molar-refractivity contribution in [3.8, 4) is 0 Å². The molecule has 0 saturated heterocycles. The van der Waals surface area contributed by atoms with Crippen LogP contribution in [-0.4, -0.2) is 17.0 Å². The number of aliphatic imine (C=N–C) groups is 1. The fourth-order valence-corrected chi connectivity index (χ4v) is 2.74. The van der Waals surface area contributed by atoms with Gasteiger partial charge in [0.05, 0.1) is 11.7 Å². The number of rotatable bonds is 2. The van der Waals surface area contributed by atoms with Gasteiger partial charge in [-0.2, -0.15) is 0 Å². The van der Waals surface area contributed by atoms with Crippen molar-refractivity contribution in [1.82, 2.24) is 0 Å². The quantitative estimate of drug-likeness (QED) is 0.833. The summed E-state index contributed by atoms with van der Waals surface area (Å²) in [6.07, 6.45) is 0. The van der Waals surface area contributed by atoms with Gasteiger partial charge in [0, 0.05) is 17.9 Å². The Labute approximate surface area is 108 Å². The van der Waals surface area contributed by atoms with Crippen molar-refractivity contribution < 1.29 is 13.2 Å². The molecule has 0 fully saturated rings. The first-order valence-corrected chi connectivity index (χ1v) is 6.58. The molecule has 1 atom stereocenters. The molecule has 0 bridgehead atoms. The second kappa shape index (κ2) is 5.22. The highest BCUT2D eigenvalue weighted by Crippen LogP contribution is 2.26. The monoisotopic (exact) mass is 274 g/mol. The van der Waals surface area contributed by atoms with Crippen molar-refractivity contribution in [3.63, 3.8) is 0 Å². The van der Waals surface area contributed by atoms with Gasteiger partial charge in [0.1, 0.15) is 5.82 Å². The van der Waals surface area contributed by atoms with Crippen LogP contribution in [0.4, 0.5) is 18.9 Å². The fraction of sp³-hybridized carbons (Fsp3) is 0.417. The molecule has 0 spiro atoms. The Morgan fingerprint density at radius 2 is 2.06 bits per heavy atom. The third-order valence-corrected chi connectivity index (χ3v) is 3.67. The average Bonchev–Trinajstić information content (AvgIpc) is 2.74. The highest BCUT2D eigenvalue weighted by atomic mass is 32.2. The van der Waals surface area contributed by atoms with Crippen LogP contribution in [0.25, 0.3) is 0 Å². The maximum atomic E-state index is 13.4. The summed E-state index contributed by atoms with van der Waals surface area (Å²) in [4.78, 5) is 4.34. The molecule has 1 unspecified atom stereocenters. The van der Waals surface area contributed by atoms with E-state index >= 15 is 0 Å². The highest BCUT2D eigenvalue weighted by Gasteiger charge is 2.22. The lowest BCUT2D eigenvalue weighted by molar-refractivity contribution is 0.498. The minimum absolute atomic E-state index is 0.152. The lowest BCUT2D eigenvalue weighted by Gasteiger charge is -2.08. The van der Waals surface area contributed by atoms with E-state index in [1.54, 1.807) is 0 Å². The van der Waals surface area contributed by atoms with Gasteiger partial charge in [-0.25, -0.2) is 13.2 Å². The second-order valence-electron chi connectivity index (χ2n) is 4.43. The topological polar surface area (TPSA) is 24.4 Å². The van der Waals surface area contributed by atoms with Gasteiger partial charge in [0.15, 0.2) is 16.8 Å². The van der Waals surface area contributed by atoms with Gasteiger partial charge in [-0.1, -0.05) is 25.6 Å². The van der Waals surface area contributed by atoms with E-state index < -0.39 is 17.5 Å². The molecular formula is C12H13F3N2S.